The van der Waals surface area contributed by atoms with E-state index in [2.05, 4.69) is 10.3 Å². The Hall–Kier alpha value is -4.39. The van der Waals surface area contributed by atoms with Crippen molar-refractivity contribution in [2.75, 3.05) is 16.8 Å². The Kier molecular flexibility index (Phi) is 3.91. The monoisotopic (exact) mass is 422 g/mol. The molecule has 4 aromatic rings. The van der Waals surface area contributed by atoms with Gasteiger partial charge in [0.2, 0.25) is 5.91 Å². The van der Waals surface area contributed by atoms with Crippen molar-refractivity contribution in [1.82, 2.24) is 9.88 Å². The van der Waals surface area contributed by atoms with Gasteiger partial charge in [-0.2, -0.15) is 0 Å². The second-order valence-corrected chi connectivity index (χ2v) is 7.91. The molecule has 6 rings (SSSR count). The molecule has 3 heterocycles. The molecular formula is C25H18N4O3. The minimum atomic E-state index is -0.655. The van der Waals surface area contributed by atoms with Gasteiger partial charge in [0.15, 0.2) is 0 Å². The summed E-state index contributed by atoms with van der Waals surface area (Å²) in [5.74, 6) is -0.783. The van der Waals surface area contributed by atoms with E-state index in [0.717, 1.165) is 16.5 Å². The second kappa shape index (κ2) is 6.81. The zero-order chi connectivity index (χ0) is 21.8. The largest absolute Gasteiger partial charge is 0.361 e. The van der Waals surface area contributed by atoms with E-state index in [1.165, 1.54) is 4.90 Å². The third-order valence-corrected chi connectivity index (χ3v) is 6.04. The number of benzene rings is 3. The van der Waals surface area contributed by atoms with E-state index in [4.69, 9.17) is 0 Å². The molecule has 0 bridgehead atoms. The number of carbonyl (C=O) groups is 3. The highest BCUT2D eigenvalue weighted by Gasteiger charge is 2.48. The Morgan fingerprint density at radius 3 is 2.56 bits per heavy atom. The van der Waals surface area contributed by atoms with Gasteiger partial charge in [0.25, 0.3) is 11.8 Å². The molecule has 1 aromatic heterocycles. The number of aromatic amines is 1. The Morgan fingerprint density at radius 1 is 0.906 bits per heavy atom. The molecule has 1 atom stereocenters. The van der Waals surface area contributed by atoms with Crippen LogP contribution >= 0.6 is 0 Å². The molecule has 7 nitrogen and oxygen atoms in total. The molecular weight excluding hydrogens is 404 g/mol. The number of rotatable bonds is 3. The van der Waals surface area contributed by atoms with Crippen molar-refractivity contribution in [2.45, 2.75) is 6.17 Å². The summed E-state index contributed by atoms with van der Waals surface area (Å²) in [5.41, 5.74) is 3.79. The van der Waals surface area contributed by atoms with Crippen LogP contribution in [-0.2, 0) is 4.79 Å². The highest BCUT2D eigenvalue weighted by Crippen LogP contribution is 2.44. The summed E-state index contributed by atoms with van der Waals surface area (Å²) in [6.07, 6.45) is 1.18. The molecule has 32 heavy (non-hydrogen) atoms. The fraction of sp³-hybridized carbons (Fsp3) is 0.0800. The van der Waals surface area contributed by atoms with Crippen LogP contribution in [0.5, 0.6) is 0 Å². The Balaban J connectivity index is 1.36. The number of aromatic nitrogens is 1. The molecule has 0 unspecified atom stereocenters. The van der Waals surface area contributed by atoms with Crippen LogP contribution in [0.15, 0.2) is 79.0 Å². The third-order valence-electron chi connectivity index (χ3n) is 6.04. The Morgan fingerprint density at radius 2 is 1.69 bits per heavy atom. The summed E-state index contributed by atoms with van der Waals surface area (Å²) in [6.45, 7) is -0.182. The van der Waals surface area contributed by atoms with Crippen LogP contribution in [0.25, 0.3) is 10.9 Å². The molecule has 0 aliphatic carbocycles. The molecule has 0 radical (unpaired) electrons. The lowest BCUT2D eigenvalue weighted by atomic mass is 10.0. The van der Waals surface area contributed by atoms with Crippen LogP contribution in [0.2, 0.25) is 0 Å². The van der Waals surface area contributed by atoms with Gasteiger partial charge in [-0.3, -0.25) is 19.3 Å². The number of anilines is 2. The average molecular weight is 422 g/mol. The molecule has 2 N–H and O–H groups in total. The summed E-state index contributed by atoms with van der Waals surface area (Å²) >= 11 is 0. The van der Waals surface area contributed by atoms with Crippen molar-refractivity contribution in [3.05, 3.63) is 95.7 Å². The topological polar surface area (TPSA) is 85.5 Å². The van der Waals surface area contributed by atoms with Crippen LogP contribution in [-0.4, -0.2) is 34.2 Å². The van der Waals surface area contributed by atoms with Crippen LogP contribution in [0, 0.1) is 0 Å². The third kappa shape index (κ3) is 2.64. The highest BCUT2D eigenvalue weighted by molar-refractivity contribution is 6.17. The molecule has 2 aliphatic heterocycles. The molecule has 0 saturated heterocycles. The first kappa shape index (κ1) is 18.4. The molecule has 0 fully saturated rings. The first-order chi connectivity index (χ1) is 15.6. The van der Waals surface area contributed by atoms with Gasteiger partial charge in [-0.25, -0.2) is 0 Å². The zero-order valence-electron chi connectivity index (χ0n) is 16.9. The van der Waals surface area contributed by atoms with E-state index in [1.54, 1.807) is 41.3 Å². The van der Waals surface area contributed by atoms with Gasteiger partial charge in [0.1, 0.15) is 12.7 Å². The fourth-order valence-electron chi connectivity index (χ4n) is 4.61. The van der Waals surface area contributed by atoms with Crippen molar-refractivity contribution < 1.29 is 14.4 Å². The maximum atomic E-state index is 13.4. The minimum absolute atomic E-state index is 0.173. The lowest BCUT2D eigenvalue weighted by Crippen LogP contribution is -2.50. The van der Waals surface area contributed by atoms with E-state index in [-0.39, 0.29) is 24.3 Å². The lowest BCUT2D eigenvalue weighted by Gasteiger charge is -2.40. The first-order valence-electron chi connectivity index (χ1n) is 10.3. The predicted octanol–water partition coefficient (Wildman–Crippen LogP) is 3.92. The van der Waals surface area contributed by atoms with E-state index in [9.17, 15) is 14.4 Å². The Labute approximate surface area is 183 Å². The highest BCUT2D eigenvalue weighted by atomic mass is 16.2. The molecule has 0 saturated carbocycles. The smallest absolute Gasteiger partial charge is 0.260 e. The number of carbonyl (C=O) groups excluding carboxylic acids is 3. The number of nitrogens with zero attached hydrogens (tertiary/aromatic N) is 2. The Bertz CT molecular complexity index is 1420. The summed E-state index contributed by atoms with van der Waals surface area (Å²) in [4.78, 5) is 45.8. The second-order valence-electron chi connectivity index (χ2n) is 7.91. The van der Waals surface area contributed by atoms with Gasteiger partial charge >= 0.3 is 0 Å². The quantitative estimate of drug-likeness (QED) is 0.525. The van der Waals surface area contributed by atoms with E-state index in [1.807, 2.05) is 42.6 Å². The number of H-pyrrole nitrogens is 1. The molecule has 7 heteroatoms. The number of hydrogen-bond acceptors (Lipinski definition) is 3. The minimum Gasteiger partial charge on any atom is -0.361 e. The van der Waals surface area contributed by atoms with Crippen molar-refractivity contribution >= 4 is 40.0 Å². The summed E-state index contributed by atoms with van der Waals surface area (Å²) in [5, 5.41) is 3.92. The van der Waals surface area contributed by atoms with Crippen LogP contribution in [0.4, 0.5) is 11.4 Å². The fourth-order valence-corrected chi connectivity index (χ4v) is 4.61. The van der Waals surface area contributed by atoms with Crippen molar-refractivity contribution in [2.24, 2.45) is 0 Å². The summed E-state index contributed by atoms with van der Waals surface area (Å²) in [7, 11) is 0. The number of amides is 3. The van der Waals surface area contributed by atoms with E-state index >= 15 is 0 Å². The number of fused-ring (bicyclic) bond motifs is 6. The van der Waals surface area contributed by atoms with Gasteiger partial charge in [0, 0.05) is 28.5 Å². The summed E-state index contributed by atoms with van der Waals surface area (Å²) in [6, 6.07) is 21.8. The van der Waals surface area contributed by atoms with Crippen molar-refractivity contribution in [1.29, 1.82) is 0 Å². The first-order valence-corrected chi connectivity index (χ1v) is 10.3. The number of hydrogen-bond donors (Lipinski definition) is 2. The molecule has 2 aliphatic rings. The van der Waals surface area contributed by atoms with Gasteiger partial charge in [-0.15, -0.1) is 0 Å². The van der Waals surface area contributed by atoms with Gasteiger partial charge in [-0.05, 0) is 41.8 Å². The average Bonchev–Trinajstić information content (AvgIpc) is 3.39. The maximum Gasteiger partial charge on any atom is 0.260 e. The SMILES string of the molecule is O=C(CN1C(=O)c2ccccc2N2C(=O)c3ccccc3[C@@H]12)Nc1ccc2cc[nH]c2c1. The lowest BCUT2D eigenvalue weighted by molar-refractivity contribution is -0.117. The van der Waals surface area contributed by atoms with Crippen LogP contribution in [0.3, 0.4) is 0 Å². The van der Waals surface area contributed by atoms with E-state index < -0.39 is 6.17 Å². The molecule has 3 aromatic carbocycles. The molecule has 3 amide bonds. The number of nitrogens with one attached hydrogen (secondary N) is 2. The molecule has 156 valence electrons. The maximum absolute atomic E-state index is 13.4. The van der Waals surface area contributed by atoms with Crippen molar-refractivity contribution in [3.63, 3.8) is 0 Å². The van der Waals surface area contributed by atoms with Gasteiger partial charge in [0.05, 0.1) is 11.3 Å². The van der Waals surface area contributed by atoms with Gasteiger partial charge < -0.3 is 15.2 Å². The zero-order valence-corrected chi connectivity index (χ0v) is 16.9. The molecule has 0 spiro atoms. The van der Waals surface area contributed by atoms with Crippen LogP contribution < -0.4 is 10.2 Å². The van der Waals surface area contributed by atoms with Crippen LogP contribution in [0.1, 0.15) is 32.4 Å². The van der Waals surface area contributed by atoms with Crippen molar-refractivity contribution in [3.8, 4) is 0 Å². The summed E-state index contributed by atoms with van der Waals surface area (Å²) < 4.78 is 0. The predicted molar refractivity (Wildman–Crippen MR) is 120 cm³/mol. The standard InChI is InChI=1S/C25H18N4O3/c30-22(27-16-10-9-15-11-12-26-20(15)13-16)14-28-23-17-5-1-2-6-18(17)25(32)29(23)21-8-4-3-7-19(21)24(28)31/h1-13,23,26H,14H2,(H,27,30)/t23-/m0/s1. The normalized spacial score (nSPS) is 16.7. The number of para-hydroxylation sites is 1. The van der Waals surface area contributed by atoms with E-state index in [0.29, 0.717) is 22.5 Å². The van der Waals surface area contributed by atoms with Gasteiger partial charge in [-0.1, -0.05) is 36.4 Å².